The van der Waals surface area contributed by atoms with E-state index in [0.717, 1.165) is 49.9 Å². The molecule has 2 heterocycles. The lowest BCUT2D eigenvalue weighted by atomic mass is 10.0. The number of hydrogen-bond acceptors (Lipinski definition) is 9. The monoisotopic (exact) mass is 572 g/mol. The summed E-state index contributed by atoms with van der Waals surface area (Å²) in [5.74, 6) is 0.672. The maximum Gasteiger partial charge on any atom is 0.293 e. The molecule has 0 spiro atoms. The average molecular weight is 573 g/mol. The summed E-state index contributed by atoms with van der Waals surface area (Å²) < 4.78 is 10.6. The zero-order chi connectivity index (χ0) is 30.9. The predicted octanol–water partition coefficient (Wildman–Crippen LogP) is 5.40. The van der Waals surface area contributed by atoms with Crippen LogP contribution in [0.15, 0.2) is 77.0 Å². The quantitative estimate of drug-likeness (QED) is 0.0883. The number of allylic oxidation sites excluding steroid dienone is 4. The van der Waals surface area contributed by atoms with Gasteiger partial charge in [0.2, 0.25) is 6.23 Å². The van der Waals surface area contributed by atoms with E-state index >= 15 is 0 Å². The minimum atomic E-state index is -0.465. The van der Waals surface area contributed by atoms with Gasteiger partial charge >= 0.3 is 0 Å². The number of nitrogens with one attached hydrogen (secondary N) is 1. The van der Waals surface area contributed by atoms with E-state index in [1.807, 2.05) is 51.4 Å². The molecule has 1 aliphatic heterocycles. The SMILES string of the molecule is CC.CC/C(=C\C=C(/C)NO)COC=O.CC/C=C\N(/C=C(\C)C(/N=C\N)Oc1cccnc1)C1CCN(C)CC1. The molecule has 2 rings (SSSR count). The Balaban J connectivity index is 0.000000902. The Kier molecular flexibility index (Phi) is 22.0. The third-order valence-corrected chi connectivity index (χ3v) is 6.01. The summed E-state index contributed by atoms with van der Waals surface area (Å²) in [5, 5.41) is 8.46. The standard InChI is InChI=1S/C20H31N5O.C9H15NO3.C2H6/c1-4-5-11-25(18-8-12-24(3)13-9-18)15-17(2)20(23-16-21)26-19-7-6-10-22-14-19;1-3-9(6-13-7-11)5-4-8(2)10-12;1-2/h5-7,10-11,14-16,18,20H,4,8-9,12-13H2,1-3H3,(H2,21,23);4-5,7,10,12H,3,6H2,1-2H3;1-2H3/b11-5-,17-15+;8-4+,9-5+;. The number of ether oxygens (including phenoxy) is 2. The molecule has 1 unspecified atom stereocenters. The van der Waals surface area contributed by atoms with Gasteiger partial charge in [-0.05, 0) is 89.6 Å². The van der Waals surface area contributed by atoms with Gasteiger partial charge in [0.1, 0.15) is 12.4 Å². The van der Waals surface area contributed by atoms with Crippen molar-refractivity contribution in [1.82, 2.24) is 20.3 Å². The van der Waals surface area contributed by atoms with Crippen LogP contribution in [0, 0.1) is 0 Å². The molecule has 1 aliphatic rings. The van der Waals surface area contributed by atoms with Crippen LogP contribution < -0.4 is 16.0 Å². The number of carbonyl (C=O) groups excluding carboxylic acids is 1. The van der Waals surface area contributed by atoms with Crippen LogP contribution in [0.25, 0.3) is 0 Å². The molecule has 1 saturated heterocycles. The van der Waals surface area contributed by atoms with Crippen molar-refractivity contribution in [3.05, 3.63) is 72.0 Å². The number of piperidine rings is 1. The van der Waals surface area contributed by atoms with Crippen molar-refractivity contribution in [3.8, 4) is 5.75 Å². The number of nitrogens with zero attached hydrogens (tertiary/aromatic N) is 4. The molecule has 0 saturated carbocycles. The van der Waals surface area contributed by atoms with Crippen LogP contribution in [-0.4, -0.2) is 71.8 Å². The first kappa shape index (κ1) is 37.4. The molecule has 0 aromatic carbocycles. The van der Waals surface area contributed by atoms with Crippen LogP contribution in [0.5, 0.6) is 5.75 Å². The van der Waals surface area contributed by atoms with Crippen molar-refractivity contribution in [3.63, 3.8) is 0 Å². The van der Waals surface area contributed by atoms with Crippen LogP contribution in [0.2, 0.25) is 0 Å². The Bertz CT molecular complexity index is 955. The summed E-state index contributed by atoms with van der Waals surface area (Å²) in [6.45, 7) is 14.8. The van der Waals surface area contributed by atoms with Crippen molar-refractivity contribution in [2.75, 3.05) is 26.7 Å². The molecule has 230 valence electrons. The van der Waals surface area contributed by atoms with Gasteiger partial charge in [0, 0.05) is 29.7 Å². The van der Waals surface area contributed by atoms with Gasteiger partial charge in [-0.3, -0.25) is 20.5 Å². The number of aliphatic imine (C=N–C) groups is 1. The maximum atomic E-state index is 9.90. The van der Waals surface area contributed by atoms with E-state index in [-0.39, 0.29) is 0 Å². The van der Waals surface area contributed by atoms with E-state index in [0.29, 0.717) is 30.6 Å². The summed E-state index contributed by atoms with van der Waals surface area (Å²) in [7, 11) is 2.18. The Hall–Kier alpha value is -3.63. The first-order valence-electron chi connectivity index (χ1n) is 14.3. The molecule has 4 N–H and O–H groups in total. The second-order valence-electron chi connectivity index (χ2n) is 9.15. The number of pyridine rings is 1. The van der Waals surface area contributed by atoms with Crippen molar-refractivity contribution in [1.29, 1.82) is 0 Å². The lowest BCUT2D eigenvalue weighted by Crippen LogP contribution is -2.39. The highest BCUT2D eigenvalue weighted by Crippen LogP contribution is 2.20. The largest absolute Gasteiger partial charge is 0.463 e. The molecule has 1 aromatic rings. The highest BCUT2D eigenvalue weighted by molar-refractivity contribution is 5.52. The molecule has 0 aliphatic carbocycles. The predicted molar refractivity (Wildman–Crippen MR) is 167 cm³/mol. The van der Waals surface area contributed by atoms with E-state index in [4.69, 9.17) is 15.7 Å². The number of hydrogen-bond donors (Lipinski definition) is 3. The lowest BCUT2D eigenvalue weighted by molar-refractivity contribution is -0.127. The van der Waals surface area contributed by atoms with Crippen LogP contribution >= 0.6 is 0 Å². The summed E-state index contributed by atoms with van der Waals surface area (Å²) in [5.41, 5.74) is 10.2. The third-order valence-electron chi connectivity index (χ3n) is 6.01. The van der Waals surface area contributed by atoms with Gasteiger partial charge in [-0.1, -0.05) is 39.8 Å². The average Bonchev–Trinajstić information content (AvgIpc) is 3.01. The van der Waals surface area contributed by atoms with E-state index in [9.17, 15) is 4.79 Å². The molecule has 0 bridgehead atoms. The Morgan fingerprint density at radius 2 is 2.00 bits per heavy atom. The van der Waals surface area contributed by atoms with Gasteiger partial charge in [0.05, 0.1) is 12.5 Å². The van der Waals surface area contributed by atoms with E-state index in [2.05, 4.69) is 57.0 Å². The normalized spacial score (nSPS) is 15.9. The van der Waals surface area contributed by atoms with Gasteiger partial charge in [-0.2, -0.15) is 0 Å². The van der Waals surface area contributed by atoms with E-state index < -0.39 is 6.23 Å². The lowest BCUT2D eigenvalue weighted by Gasteiger charge is -2.35. The maximum absolute atomic E-state index is 9.90. The number of hydroxylamine groups is 1. The molecule has 10 nitrogen and oxygen atoms in total. The molecule has 1 fully saturated rings. The minimum absolute atomic E-state index is 0.301. The second kappa shape index (κ2) is 24.2. The fourth-order valence-corrected chi connectivity index (χ4v) is 3.64. The van der Waals surface area contributed by atoms with E-state index in [1.54, 1.807) is 25.4 Å². The topological polar surface area (TPSA) is 126 Å². The van der Waals surface area contributed by atoms with Gasteiger partial charge in [0.25, 0.3) is 6.47 Å². The van der Waals surface area contributed by atoms with Gasteiger partial charge in [-0.25, -0.2) is 4.99 Å². The Morgan fingerprint density at radius 3 is 2.54 bits per heavy atom. The van der Waals surface area contributed by atoms with Gasteiger partial charge < -0.3 is 25.0 Å². The van der Waals surface area contributed by atoms with Crippen molar-refractivity contribution in [2.45, 2.75) is 79.5 Å². The zero-order valence-electron chi connectivity index (χ0n) is 26.0. The molecule has 10 heteroatoms. The molecule has 41 heavy (non-hydrogen) atoms. The van der Waals surface area contributed by atoms with Crippen molar-refractivity contribution >= 4 is 12.8 Å². The second-order valence-corrected chi connectivity index (χ2v) is 9.15. The highest BCUT2D eigenvalue weighted by Gasteiger charge is 2.21. The number of likely N-dealkylation sites (tertiary alicyclic amines) is 1. The number of rotatable bonds is 14. The molecule has 1 aromatic heterocycles. The van der Waals surface area contributed by atoms with Crippen LogP contribution in [-0.2, 0) is 9.53 Å². The molecule has 0 amide bonds. The van der Waals surface area contributed by atoms with E-state index in [1.165, 1.54) is 6.34 Å². The number of aromatic nitrogens is 1. The van der Waals surface area contributed by atoms with Gasteiger partial charge in [0.15, 0.2) is 0 Å². The van der Waals surface area contributed by atoms with Crippen LogP contribution in [0.4, 0.5) is 0 Å². The first-order valence-corrected chi connectivity index (χ1v) is 14.3. The minimum Gasteiger partial charge on any atom is -0.463 e. The summed E-state index contributed by atoms with van der Waals surface area (Å²) in [6.07, 6.45) is 18.3. The molecular weight excluding hydrogens is 520 g/mol. The highest BCUT2D eigenvalue weighted by atomic mass is 16.5. The van der Waals surface area contributed by atoms with Crippen molar-refractivity contribution in [2.24, 2.45) is 10.7 Å². The summed E-state index contributed by atoms with van der Waals surface area (Å²) >= 11 is 0. The molecule has 1 atom stereocenters. The van der Waals surface area contributed by atoms with Crippen LogP contribution in [0.1, 0.15) is 67.2 Å². The fraction of sp³-hybridized carbons (Fsp3) is 0.516. The van der Waals surface area contributed by atoms with Gasteiger partial charge in [-0.15, -0.1) is 0 Å². The van der Waals surface area contributed by atoms with Crippen molar-refractivity contribution < 1.29 is 19.5 Å². The fourth-order valence-electron chi connectivity index (χ4n) is 3.64. The van der Waals surface area contributed by atoms with Crippen LogP contribution in [0.3, 0.4) is 0 Å². The molecule has 0 radical (unpaired) electrons. The Labute approximate surface area is 247 Å². The number of carbonyl (C=O) groups is 1. The Morgan fingerprint density at radius 1 is 1.29 bits per heavy atom. The smallest absolute Gasteiger partial charge is 0.293 e. The summed E-state index contributed by atoms with van der Waals surface area (Å²) in [4.78, 5) is 23.0. The first-order chi connectivity index (χ1) is 19.9. The summed E-state index contributed by atoms with van der Waals surface area (Å²) in [6, 6.07) is 4.20. The third kappa shape index (κ3) is 16.9. The number of nitrogens with two attached hydrogens (primary N) is 1. The zero-order valence-corrected chi connectivity index (χ0v) is 26.0. The molecular formula is C31H52N6O4.